The Morgan fingerprint density at radius 2 is 2.15 bits per heavy atom. The van der Waals surface area contributed by atoms with E-state index >= 15 is 0 Å². The number of halogens is 3. The Bertz CT molecular complexity index is 169. The van der Waals surface area contributed by atoms with Crippen molar-refractivity contribution < 1.29 is 18.7 Å². The first-order chi connectivity index (χ1) is 5.99. The number of rotatable bonds is 5. The molecule has 0 aliphatic heterocycles. The van der Waals surface area contributed by atoms with Crippen LogP contribution >= 0.6 is 11.6 Å². The lowest BCUT2D eigenvalue weighted by atomic mass is 10.2. The minimum absolute atomic E-state index is 0.122. The summed E-state index contributed by atoms with van der Waals surface area (Å²) in [6.07, 6.45) is -4.65. The van der Waals surface area contributed by atoms with Crippen LogP contribution in [0.25, 0.3) is 0 Å². The van der Waals surface area contributed by atoms with Crippen molar-refractivity contribution in [2.45, 2.75) is 19.5 Å². The van der Waals surface area contributed by atoms with Gasteiger partial charge in [-0.1, -0.05) is 6.92 Å². The third kappa shape index (κ3) is 5.00. The average molecular weight is 216 g/mol. The van der Waals surface area contributed by atoms with E-state index < -0.39 is 30.9 Å². The standard InChI is InChI=1S/C7H12ClF2NO2/c1-4(2-8)7(13)11-3-5(12)6(9)10/h4-6,12H,2-3H2,1H3,(H,11,13). The number of hydrogen-bond acceptors (Lipinski definition) is 2. The highest BCUT2D eigenvalue weighted by atomic mass is 35.5. The van der Waals surface area contributed by atoms with Crippen molar-refractivity contribution in [1.82, 2.24) is 5.32 Å². The van der Waals surface area contributed by atoms with Gasteiger partial charge in [0.2, 0.25) is 5.91 Å². The van der Waals surface area contributed by atoms with Gasteiger partial charge in [-0.3, -0.25) is 4.79 Å². The first-order valence-electron chi connectivity index (χ1n) is 3.79. The number of alkyl halides is 3. The summed E-state index contributed by atoms with van der Waals surface area (Å²) >= 11 is 5.35. The van der Waals surface area contributed by atoms with Crippen molar-refractivity contribution in [3.05, 3.63) is 0 Å². The van der Waals surface area contributed by atoms with Gasteiger partial charge in [0.15, 0.2) is 0 Å². The molecule has 0 spiro atoms. The van der Waals surface area contributed by atoms with Crippen LogP contribution in [0.5, 0.6) is 0 Å². The molecular formula is C7H12ClF2NO2. The molecule has 78 valence electrons. The van der Waals surface area contributed by atoms with E-state index in [1.54, 1.807) is 6.92 Å². The fourth-order valence-corrected chi connectivity index (χ4v) is 0.679. The zero-order chi connectivity index (χ0) is 10.4. The van der Waals surface area contributed by atoms with Crippen LogP contribution in [-0.2, 0) is 4.79 Å². The maximum absolute atomic E-state index is 11.7. The Kier molecular flexibility index (Phi) is 5.90. The van der Waals surface area contributed by atoms with E-state index in [1.807, 2.05) is 0 Å². The molecule has 1 amide bonds. The molecule has 0 saturated heterocycles. The van der Waals surface area contributed by atoms with Crippen molar-refractivity contribution >= 4 is 17.5 Å². The molecular weight excluding hydrogens is 204 g/mol. The summed E-state index contributed by atoms with van der Waals surface area (Å²) < 4.78 is 23.5. The minimum Gasteiger partial charge on any atom is -0.385 e. The van der Waals surface area contributed by atoms with Crippen LogP contribution in [0, 0.1) is 5.92 Å². The van der Waals surface area contributed by atoms with E-state index in [4.69, 9.17) is 16.7 Å². The van der Waals surface area contributed by atoms with Gasteiger partial charge >= 0.3 is 0 Å². The molecule has 0 aromatic rings. The van der Waals surface area contributed by atoms with E-state index in [2.05, 4.69) is 5.32 Å². The molecule has 0 heterocycles. The smallest absolute Gasteiger partial charge is 0.265 e. The van der Waals surface area contributed by atoms with Crippen molar-refractivity contribution in [3.8, 4) is 0 Å². The number of aliphatic hydroxyl groups is 1. The Morgan fingerprint density at radius 1 is 1.62 bits per heavy atom. The van der Waals surface area contributed by atoms with Gasteiger partial charge in [0.05, 0.1) is 0 Å². The number of nitrogens with one attached hydrogen (secondary N) is 1. The number of hydrogen-bond donors (Lipinski definition) is 2. The molecule has 0 bridgehead atoms. The maximum atomic E-state index is 11.7. The first kappa shape index (κ1) is 12.6. The highest BCUT2D eigenvalue weighted by Crippen LogP contribution is 2.00. The zero-order valence-corrected chi connectivity index (χ0v) is 7.89. The molecule has 2 unspecified atom stereocenters. The normalized spacial score (nSPS) is 15.5. The summed E-state index contributed by atoms with van der Waals surface area (Å²) in [6.45, 7) is 1.12. The fraction of sp³-hybridized carbons (Fsp3) is 0.857. The fourth-order valence-electron chi connectivity index (χ4n) is 0.539. The third-order valence-electron chi connectivity index (χ3n) is 1.46. The van der Waals surface area contributed by atoms with Crippen molar-refractivity contribution in [3.63, 3.8) is 0 Å². The highest BCUT2D eigenvalue weighted by Gasteiger charge is 2.18. The molecule has 2 N–H and O–H groups in total. The molecule has 0 fully saturated rings. The number of aliphatic hydroxyl groups excluding tert-OH is 1. The van der Waals surface area contributed by atoms with E-state index in [0.717, 1.165) is 0 Å². The Labute approximate surface area is 80.1 Å². The molecule has 0 aromatic carbocycles. The lowest BCUT2D eigenvalue weighted by molar-refractivity contribution is -0.124. The quantitative estimate of drug-likeness (QED) is 0.660. The molecule has 0 saturated carbocycles. The van der Waals surface area contributed by atoms with Gasteiger partial charge < -0.3 is 10.4 Å². The van der Waals surface area contributed by atoms with Gasteiger partial charge in [-0.2, -0.15) is 0 Å². The van der Waals surface area contributed by atoms with Gasteiger partial charge in [0.25, 0.3) is 6.43 Å². The summed E-state index contributed by atoms with van der Waals surface area (Å²) in [4.78, 5) is 10.9. The van der Waals surface area contributed by atoms with Crippen molar-refractivity contribution in [1.29, 1.82) is 0 Å². The Morgan fingerprint density at radius 3 is 2.54 bits per heavy atom. The van der Waals surface area contributed by atoms with Gasteiger partial charge in [0.1, 0.15) is 6.10 Å². The average Bonchev–Trinajstić information content (AvgIpc) is 2.11. The molecule has 13 heavy (non-hydrogen) atoms. The number of carbonyl (C=O) groups excluding carboxylic acids is 1. The van der Waals surface area contributed by atoms with Gasteiger partial charge in [-0.15, -0.1) is 11.6 Å². The molecule has 0 radical (unpaired) electrons. The zero-order valence-electron chi connectivity index (χ0n) is 7.14. The van der Waals surface area contributed by atoms with Crippen LogP contribution in [0.1, 0.15) is 6.92 Å². The van der Waals surface area contributed by atoms with Crippen LogP contribution in [0.3, 0.4) is 0 Å². The van der Waals surface area contributed by atoms with Gasteiger partial charge in [-0.05, 0) is 0 Å². The number of amides is 1. The van der Waals surface area contributed by atoms with Gasteiger partial charge in [0, 0.05) is 18.3 Å². The van der Waals surface area contributed by atoms with Crippen LogP contribution in [0.2, 0.25) is 0 Å². The summed E-state index contributed by atoms with van der Waals surface area (Å²) in [5.41, 5.74) is 0. The second-order valence-corrected chi connectivity index (χ2v) is 3.01. The van der Waals surface area contributed by atoms with Crippen molar-refractivity contribution in [2.75, 3.05) is 12.4 Å². The topological polar surface area (TPSA) is 49.3 Å². The summed E-state index contributed by atoms with van der Waals surface area (Å²) in [5, 5.41) is 10.8. The van der Waals surface area contributed by atoms with Crippen LogP contribution in [-0.4, -0.2) is 36.0 Å². The highest BCUT2D eigenvalue weighted by molar-refractivity contribution is 6.19. The van der Waals surface area contributed by atoms with E-state index in [9.17, 15) is 13.6 Å². The summed E-state index contributed by atoms with van der Waals surface area (Å²) in [7, 11) is 0. The summed E-state index contributed by atoms with van der Waals surface area (Å²) in [5.74, 6) is -0.752. The Hall–Kier alpha value is -0.420. The molecule has 0 aromatic heterocycles. The van der Waals surface area contributed by atoms with Crippen LogP contribution in [0.4, 0.5) is 8.78 Å². The second kappa shape index (κ2) is 6.10. The maximum Gasteiger partial charge on any atom is 0.265 e. The van der Waals surface area contributed by atoms with Gasteiger partial charge in [-0.25, -0.2) is 8.78 Å². The molecule has 3 nitrogen and oxygen atoms in total. The molecule has 0 aliphatic rings. The second-order valence-electron chi connectivity index (χ2n) is 2.70. The minimum atomic E-state index is -2.84. The third-order valence-corrected chi connectivity index (χ3v) is 1.92. The summed E-state index contributed by atoms with van der Waals surface area (Å²) in [6, 6.07) is 0. The molecule has 0 aliphatic carbocycles. The molecule has 2 atom stereocenters. The monoisotopic (exact) mass is 215 g/mol. The molecule has 6 heteroatoms. The van der Waals surface area contributed by atoms with Crippen LogP contribution < -0.4 is 5.32 Å². The van der Waals surface area contributed by atoms with Crippen LogP contribution in [0.15, 0.2) is 0 Å². The largest absolute Gasteiger partial charge is 0.385 e. The van der Waals surface area contributed by atoms with E-state index in [-0.39, 0.29) is 5.88 Å². The van der Waals surface area contributed by atoms with Crippen molar-refractivity contribution in [2.24, 2.45) is 5.92 Å². The predicted molar refractivity (Wildman–Crippen MR) is 44.9 cm³/mol. The molecule has 0 rings (SSSR count). The number of carbonyl (C=O) groups is 1. The van der Waals surface area contributed by atoms with E-state index in [0.29, 0.717) is 0 Å². The Balaban J connectivity index is 3.70. The first-order valence-corrected chi connectivity index (χ1v) is 4.32. The lowest BCUT2D eigenvalue weighted by Gasteiger charge is -2.12. The SMILES string of the molecule is CC(CCl)C(=O)NCC(O)C(F)F. The predicted octanol–water partition coefficient (Wildman–Crippen LogP) is 0.603. The lowest BCUT2D eigenvalue weighted by Crippen LogP contribution is -2.38. The van der Waals surface area contributed by atoms with E-state index in [1.165, 1.54) is 0 Å².